The number of rotatable bonds is 1. The summed E-state index contributed by atoms with van der Waals surface area (Å²) in [7, 11) is 0. The van der Waals surface area contributed by atoms with Gasteiger partial charge in [0.2, 0.25) is 0 Å². The van der Waals surface area contributed by atoms with Crippen LogP contribution in [0.3, 0.4) is 0 Å². The minimum atomic E-state index is -1.07. The molecule has 1 aromatic rings. The average Bonchev–Trinajstić information content (AvgIpc) is 1.82. The number of hydrogen-bond acceptors (Lipinski definition) is 4. The first-order valence-electron chi connectivity index (χ1n) is 3.00. The normalized spacial score (nSPS) is 9.75. The van der Waals surface area contributed by atoms with Crippen LogP contribution in [0.2, 0.25) is 0 Å². The minimum absolute atomic E-state index is 0.0903. The smallest absolute Gasteiger partial charge is 0.307 e. The summed E-state index contributed by atoms with van der Waals surface area (Å²) < 4.78 is -0.0903. The SMILES string of the molecule is Cc1cc(=O)n([N+](=O)[O-])c(=O)[nH]1. The maximum Gasteiger partial charge on any atom is 0.389 e. The van der Waals surface area contributed by atoms with Gasteiger partial charge in [0.1, 0.15) is 0 Å². The molecule has 0 aliphatic heterocycles. The first kappa shape index (κ1) is 8.18. The summed E-state index contributed by atoms with van der Waals surface area (Å²) in [6.45, 7) is 1.47. The summed E-state index contributed by atoms with van der Waals surface area (Å²) in [4.78, 5) is 33.8. The summed E-state index contributed by atoms with van der Waals surface area (Å²) in [5.41, 5.74) is -1.69. The lowest BCUT2D eigenvalue weighted by Crippen LogP contribution is -2.39. The summed E-state index contributed by atoms with van der Waals surface area (Å²) in [6.07, 6.45) is 0. The van der Waals surface area contributed by atoms with Gasteiger partial charge in [0, 0.05) is 16.4 Å². The molecule has 0 aromatic carbocycles. The second-order valence-corrected chi connectivity index (χ2v) is 2.15. The first-order valence-corrected chi connectivity index (χ1v) is 3.00. The molecule has 0 amide bonds. The third kappa shape index (κ3) is 1.24. The molecule has 7 nitrogen and oxygen atoms in total. The Hall–Kier alpha value is -1.92. The van der Waals surface area contributed by atoms with E-state index >= 15 is 0 Å². The van der Waals surface area contributed by atoms with E-state index in [-0.39, 0.29) is 4.68 Å². The number of aryl methyl sites for hydroxylation is 1. The molecule has 0 unspecified atom stereocenters. The van der Waals surface area contributed by atoms with Gasteiger partial charge in [-0.25, -0.2) is 14.9 Å². The predicted octanol–water partition coefficient (Wildman–Crippen LogP) is -1.12. The zero-order valence-corrected chi connectivity index (χ0v) is 6.10. The predicted molar refractivity (Wildman–Crippen MR) is 38.5 cm³/mol. The number of aromatic amines is 1. The van der Waals surface area contributed by atoms with Crippen molar-refractivity contribution in [2.24, 2.45) is 0 Å². The molecule has 1 aromatic heterocycles. The molecule has 0 saturated carbocycles. The van der Waals surface area contributed by atoms with Gasteiger partial charge in [0.05, 0.1) is 0 Å². The van der Waals surface area contributed by atoms with E-state index < -0.39 is 16.3 Å². The highest BCUT2D eigenvalue weighted by Gasteiger charge is 2.10. The monoisotopic (exact) mass is 171 g/mol. The van der Waals surface area contributed by atoms with Crippen molar-refractivity contribution >= 4 is 0 Å². The lowest BCUT2D eigenvalue weighted by Gasteiger charge is -1.92. The van der Waals surface area contributed by atoms with Gasteiger partial charge in [-0.3, -0.25) is 4.79 Å². The van der Waals surface area contributed by atoms with Gasteiger partial charge in [-0.2, -0.15) is 0 Å². The van der Waals surface area contributed by atoms with Crippen LogP contribution in [-0.2, 0) is 0 Å². The van der Waals surface area contributed by atoms with Crippen molar-refractivity contribution in [1.29, 1.82) is 0 Å². The Balaban J connectivity index is 3.61. The number of H-pyrrole nitrogens is 1. The molecule has 0 saturated heterocycles. The molecule has 0 aliphatic rings. The molecule has 64 valence electrons. The molecule has 12 heavy (non-hydrogen) atoms. The maximum atomic E-state index is 10.8. The van der Waals surface area contributed by atoms with Gasteiger partial charge in [-0.15, -0.1) is 0 Å². The van der Waals surface area contributed by atoms with Crippen molar-refractivity contribution < 1.29 is 5.03 Å². The first-order chi connectivity index (χ1) is 5.52. The van der Waals surface area contributed by atoms with Gasteiger partial charge in [-0.05, 0) is 6.92 Å². The van der Waals surface area contributed by atoms with Crippen LogP contribution in [0.25, 0.3) is 0 Å². The fourth-order valence-corrected chi connectivity index (χ4v) is 0.759. The zero-order valence-electron chi connectivity index (χ0n) is 6.10. The van der Waals surface area contributed by atoms with E-state index in [1.54, 1.807) is 0 Å². The molecule has 1 heterocycles. The van der Waals surface area contributed by atoms with Crippen LogP contribution < -0.4 is 11.2 Å². The Morgan fingerprint density at radius 1 is 1.58 bits per heavy atom. The summed E-state index contributed by atoms with van der Waals surface area (Å²) in [6, 6.07) is 0.976. The summed E-state index contributed by atoms with van der Waals surface area (Å²) >= 11 is 0. The summed E-state index contributed by atoms with van der Waals surface area (Å²) in [5.74, 6) is 0. The van der Waals surface area contributed by atoms with Crippen molar-refractivity contribution in [2.45, 2.75) is 6.92 Å². The number of hydrogen-bond donors (Lipinski definition) is 1. The van der Waals surface area contributed by atoms with Crippen LogP contribution in [0.15, 0.2) is 15.7 Å². The molecule has 1 rings (SSSR count). The molecule has 0 radical (unpaired) electrons. The standard InChI is InChI=1S/C5H5N3O4/c1-3-2-4(9)7(8(11)12)5(10)6-3/h2H,1H3,(H,6,10). The van der Waals surface area contributed by atoms with E-state index in [4.69, 9.17) is 0 Å². The van der Waals surface area contributed by atoms with E-state index in [0.29, 0.717) is 5.69 Å². The van der Waals surface area contributed by atoms with Gasteiger partial charge in [-0.1, -0.05) is 0 Å². The maximum absolute atomic E-state index is 10.8. The minimum Gasteiger partial charge on any atom is -0.307 e. The highest BCUT2D eigenvalue weighted by molar-refractivity contribution is 4.94. The largest absolute Gasteiger partial charge is 0.389 e. The van der Waals surface area contributed by atoms with Gasteiger partial charge in [0.25, 0.3) is 0 Å². The highest BCUT2D eigenvalue weighted by Crippen LogP contribution is 1.78. The third-order valence-corrected chi connectivity index (χ3v) is 1.21. The molecule has 0 aliphatic carbocycles. The second kappa shape index (κ2) is 2.61. The highest BCUT2D eigenvalue weighted by atomic mass is 16.7. The van der Waals surface area contributed by atoms with E-state index in [2.05, 4.69) is 4.98 Å². The molecule has 0 fully saturated rings. The summed E-state index contributed by atoms with van der Waals surface area (Å²) in [5, 5.41) is 9.03. The van der Waals surface area contributed by atoms with E-state index in [1.165, 1.54) is 6.92 Å². The van der Waals surface area contributed by atoms with E-state index in [1.807, 2.05) is 0 Å². The number of nitro groups is 1. The van der Waals surface area contributed by atoms with Crippen molar-refractivity contribution in [2.75, 3.05) is 0 Å². The zero-order chi connectivity index (χ0) is 9.30. The quantitative estimate of drug-likeness (QED) is 0.427. The Bertz CT molecular complexity index is 398. The number of nitrogens with zero attached hydrogens (tertiary/aromatic N) is 2. The number of aromatic nitrogens is 2. The van der Waals surface area contributed by atoms with E-state index in [0.717, 1.165) is 6.07 Å². The second-order valence-electron chi connectivity index (χ2n) is 2.15. The number of nitrogens with one attached hydrogen (secondary N) is 1. The van der Waals surface area contributed by atoms with Crippen molar-refractivity contribution in [3.8, 4) is 0 Å². The van der Waals surface area contributed by atoms with Crippen LogP contribution in [0, 0.1) is 17.0 Å². The fraction of sp³-hybridized carbons (Fsp3) is 0.200. The van der Waals surface area contributed by atoms with Crippen molar-refractivity contribution in [3.63, 3.8) is 0 Å². The lowest BCUT2D eigenvalue weighted by atomic mass is 10.5. The van der Waals surface area contributed by atoms with Crippen LogP contribution in [0.5, 0.6) is 0 Å². The van der Waals surface area contributed by atoms with Crippen LogP contribution in [0.1, 0.15) is 5.69 Å². The molecule has 1 N–H and O–H groups in total. The third-order valence-electron chi connectivity index (χ3n) is 1.21. The molecular formula is C5H5N3O4. The molecule has 0 bridgehead atoms. The van der Waals surface area contributed by atoms with E-state index in [9.17, 15) is 19.7 Å². The van der Waals surface area contributed by atoms with Crippen LogP contribution in [-0.4, -0.2) is 14.7 Å². The Kier molecular flexibility index (Phi) is 1.78. The molecular weight excluding hydrogens is 166 g/mol. The van der Waals surface area contributed by atoms with Gasteiger partial charge >= 0.3 is 11.2 Å². The Labute approximate surface area is 65.4 Å². The molecule has 0 atom stereocenters. The van der Waals surface area contributed by atoms with Gasteiger partial charge < -0.3 is 4.98 Å². The van der Waals surface area contributed by atoms with Crippen LogP contribution >= 0.6 is 0 Å². The van der Waals surface area contributed by atoms with Gasteiger partial charge in [0.15, 0.2) is 5.03 Å². The average molecular weight is 171 g/mol. The fourth-order valence-electron chi connectivity index (χ4n) is 0.759. The van der Waals surface area contributed by atoms with Crippen molar-refractivity contribution in [3.05, 3.63) is 42.7 Å². The van der Waals surface area contributed by atoms with Crippen molar-refractivity contribution in [1.82, 2.24) is 9.66 Å². The topological polar surface area (TPSA) is 98.0 Å². The molecule has 0 spiro atoms. The Morgan fingerprint density at radius 2 is 2.17 bits per heavy atom. The molecule has 7 heteroatoms. The Morgan fingerprint density at radius 3 is 2.58 bits per heavy atom. The van der Waals surface area contributed by atoms with Crippen LogP contribution in [0.4, 0.5) is 0 Å². The lowest BCUT2D eigenvalue weighted by molar-refractivity contribution is -0.548.